The number of fused-ring (bicyclic) bond motifs is 1. The minimum absolute atomic E-state index is 0.0488. The number of anilines is 3. The fourth-order valence-corrected chi connectivity index (χ4v) is 4.33. The van der Waals surface area contributed by atoms with Crippen LogP contribution in [0.25, 0.3) is 10.8 Å². The van der Waals surface area contributed by atoms with Gasteiger partial charge in [0, 0.05) is 28.5 Å². The zero-order valence-corrected chi connectivity index (χ0v) is 22.6. The molecule has 0 radical (unpaired) electrons. The summed E-state index contributed by atoms with van der Waals surface area (Å²) in [4.78, 5) is 47.6. The number of amides is 1. The largest absolute Gasteiger partial charge is 0.507 e. The molecule has 0 fully saturated rings. The summed E-state index contributed by atoms with van der Waals surface area (Å²) < 4.78 is 5.36. The predicted octanol–water partition coefficient (Wildman–Crippen LogP) is 7.23. The van der Waals surface area contributed by atoms with Crippen molar-refractivity contribution in [1.82, 2.24) is 0 Å². The molecular formula is C30H19ClN4O8. The summed E-state index contributed by atoms with van der Waals surface area (Å²) in [6.45, 7) is 0. The normalized spacial score (nSPS) is 10.6. The first-order valence-corrected chi connectivity index (χ1v) is 12.8. The predicted molar refractivity (Wildman–Crippen MR) is 159 cm³/mol. The molecule has 0 bridgehead atoms. The molecule has 1 amide bonds. The number of rotatable bonds is 8. The van der Waals surface area contributed by atoms with Crippen molar-refractivity contribution in [3.8, 4) is 11.5 Å². The molecule has 214 valence electrons. The lowest BCUT2D eigenvalue weighted by Gasteiger charge is -2.11. The monoisotopic (exact) mass is 598 g/mol. The Kier molecular flexibility index (Phi) is 7.86. The van der Waals surface area contributed by atoms with E-state index in [-0.39, 0.29) is 28.3 Å². The molecule has 5 rings (SSSR count). The van der Waals surface area contributed by atoms with Crippen LogP contribution in [0.3, 0.4) is 0 Å². The Morgan fingerprint density at radius 2 is 1.33 bits per heavy atom. The average Bonchev–Trinajstić information content (AvgIpc) is 2.98. The van der Waals surface area contributed by atoms with Gasteiger partial charge >= 0.3 is 17.3 Å². The summed E-state index contributed by atoms with van der Waals surface area (Å²) >= 11 is 5.84. The number of hydrogen-bond acceptors (Lipinski definition) is 9. The highest BCUT2D eigenvalue weighted by atomic mass is 35.5. The topological polar surface area (TPSA) is 174 Å². The number of halogens is 1. The van der Waals surface area contributed by atoms with E-state index in [0.29, 0.717) is 10.7 Å². The highest BCUT2D eigenvalue weighted by Crippen LogP contribution is 2.38. The Morgan fingerprint density at radius 3 is 1.91 bits per heavy atom. The summed E-state index contributed by atoms with van der Waals surface area (Å²) in [7, 11) is 0. The minimum Gasteiger partial charge on any atom is -0.507 e. The van der Waals surface area contributed by atoms with Gasteiger partial charge in [-0.25, -0.2) is 4.79 Å². The van der Waals surface area contributed by atoms with Gasteiger partial charge in [-0.1, -0.05) is 35.9 Å². The van der Waals surface area contributed by atoms with Crippen molar-refractivity contribution in [1.29, 1.82) is 0 Å². The molecule has 0 aliphatic carbocycles. The van der Waals surface area contributed by atoms with Crippen LogP contribution >= 0.6 is 11.6 Å². The Balaban J connectivity index is 1.38. The van der Waals surface area contributed by atoms with Crippen LogP contribution in [0.15, 0.2) is 97.1 Å². The van der Waals surface area contributed by atoms with Crippen LogP contribution < -0.4 is 15.4 Å². The minimum atomic E-state index is -0.847. The highest BCUT2D eigenvalue weighted by molar-refractivity contribution is 6.30. The first-order chi connectivity index (χ1) is 20.6. The second-order valence-corrected chi connectivity index (χ2v) is 9.56. The number of aromatic hydroxyl groups is 1. The second kappa shape index (κ2) is 11.8. The molecule has 0 atom stereocenters. The summed E-state index contributed by atoms with van der Waals surface area (Å²) in [5.41, 5.74) is -1.71. The van der Waals surface area contributed by atoms with Gasteiger partial charge in [0.25, 0.3) is 5.91 Å². The Morgan fingerprint density at radius 1 is 0.767 bits per heavy atom. The molecule has 0 spiro atoms. The van der Waals surface area contributed by atoms with Crippen LogP contribution in [-0.2, 0) is 0 Å². The smallest absolute Gasteiger partial charge is 0.347 e. The number of ether oxygens (including phenoxy) is 1. The van der Waals surface area contributed by atoms with E-state index in [2.05, 4.69) is 10.6 Å². The molecule has 0 saturated carbocycles. The zero-order chi connectivity index (χ0) is 30.7. The Hall–Kier alpha value is -6.01. The molecule has 5 aromatic rings. The van der Waals surface area contributed by atoms with E-state index in [1.54, 1.807) is 24.3 Å². The maximum Gasteiger partial charge on any atom is 0.347 e. The third-order valence-electron chi connectivity index (χ3n) is 6.27. The van der Waals surface area contributed by atoms with Gasteiger partial charge in [0.2, 0.25) is 0 Å². The molecule has 0 aliphatic rings. The number of carbonyl (C=O) groups is 2. The van der Waals surface area contributed by atoms with Crippen molar-refractivity contribution < 1.29 is 29.3 Å². The van der Waals surface area contributed by atoms with Crippen molar-refractivity contribution in [3.05, 3.63) is 133 Å². The van der Waals surface area contributed by atoms with E-state index in [0.717, 1.165) is 22.9 Å². The zero-order valence-electron chi connectivity index (χ0n) is 21.8. The van der Waals surface area contributed by atoms with Gasteiger partial charge in [-0.15, -0.1) is 0 Å². The lowest BCUT2D eigenvalue weighted by Crippen LogP contribution is -2.13. The van der Waals surface area contributed by atoms with Gasteiger partial charge in [0.1, 0.15) is 17.1 Å². The molecule has 0 aliphatic heterocycles. The molecule has 13 heteroatoms. The summed E-state index contributed by atoms with van der Waals surface area (Å²) in [6, 6.07) is 23.5. The lowest BCUT2D eigenvalue weighted by molar-refractivity contribution is -0.392. The number of nitrogens with zero attached hydrogens (tertiary/aromatic N) is 2. The number of hydrogen-bond donors (Lipinski definition) is 3. The van der Waals surface area contributed by atoms with Crippen LogP contribution in [-0.4, -0.2) is 26.8 Å². The second-order valence-electron chi connectivity index (χ2n) is 9.12. The number of benzene rings is 5. The van der Waals surface area contributed by atoms with Crippen LogP contribution in [0.4, 0.5) is 28.4 Å². The van der Waals surface area contributed by atoms with Crippen LogP contribution in [0.2, 0.25) is 5.02 Å². The third kappa shape index (κ3) is 6.34. The first kappa shape index (κ1) is 28.5. The fraction of sp³-hybridized carbons (Fsp3) is 0. The van der Waals surface area contributed by atoms with Crippen molar-refractivity contribution in [2.24, 2.45) is 0 Å². The maximum atomic E-state index is 12.8. The van der Waals surface area contributed by atoms with Gasteiger partial charge in [-0.3, -0.25) is 25.0 Å². The van der Waals surface area contributed by atoms with Gasteiger partial charge < -0.3 is 20.5 Å². The van der Waals surface area contributed by atoms with E-state index in [9.17, 15) is 34.9 Å². The van der Waals surface area contributed by atoms with E-state index < -0.39 is 38.8 Å². The van der Waals surface area contributed by atoms with Crippen molar-refractivity contribution in [2.75, 3.05) is 10.6 Å². The number of phenols is 1. The molecule has 5 aromatic carbocycles. The Bertz CT molecular complexity index is 1880. The number of nitro groups is 2. The quantitative estimate of drug-likeness (QED) is 0.0720. The van der Waals surface area contributed by atoms with E-state index >= 15 is 0 Å². The first-order valence-electron chi connectivity index (χ1n) is 12.4. The summed E-state index contributed by atoms with van der Waals surface area (Å²) in [5.74, 6) is -1.79. The number of nitrogens with one attached hydrogen (secondary N) is 2. The van der Waals surface area contributed by atoms with Gasteiger partial charge in [-0.05, 0) is 71.4 Å². The van der Waals surface area contributed by atoms with E-state index in [1.807, 2.05) is 0 Å². The van der Waals surface area contributed by atoms with Crippen LogP contribution in [0.1, 0.15) is 20.7 Å². The van der Waals surface area contributed by atoms with Crippen LogP contribution in [0.5, 0.6) is 11.5 Å². The standard InChI is InChI=1S/C30H19ClN4O8/c31-20-5-7-22(8-6-20)33-29(37)19-14-25(34(39)40)28(26(15-19)35(41)42)32-21-9-11-23(12-10-21)43-30(38)24-13-17-3-1-2-4-18(17)16-27(24)36/h1-16,32,36H,(H,33,37). The molecule has 0 heterocycles. The molecule has 0 saturated heterocycles. The molecule has 3 N–H and O–H groups in total. The molecule has 0 unspecified atom stereocenters. The van der Waals surface area contributed by atoms with Gasteiger partial charge in [0.05, 0.1) is 15.4 Å². The van der Waals surface area contributed by atoms with Gasteiger partial charge in [-0.2, -0.15) is 0 Å². The number of esters is 1. The summed E-state index contributed by atoms with van der Waals surface area (Å²) in [5, 5.41) is 41.1. The number of carbonyl (C=O) groups excluding carboxylic acids is 2. The maximum absolute atomic E-state index is 12.8. The number of nitro benzene ring substituents is 2. The van der Waals surface area contributed by atoms with E-state index in [1.165, 1.54) is 60.7 Å². The summed E-state index contributed by atoms with van der Waals surface area (Å²) in [6.07, 6.45) is 0. The Labute approximate surface area is 247 Å². The highest BCUT2D eigenvalue weighted by Gasteiger charge is 2.29. The molecule has 12 nitrogen and oxygen atoms in total. The third-order valence-corrected chi connectivity index (χ3v) is 6.52. The van der Waals surface area contributed by atoms with Crippen molar-refractivity contribution in [3.63, 3.8) is 0 Å². The molecular weight excluding hydrogens is 580 g/mol. The van der Waals surface area contributed by atoms with Crippen molar-refractivity contribution in [2.45, 2.75) is 0 Å². The molecule has 0 aromatic heterocycles. The molecule has 43 heavy (non-hydrogen) atoms. The SMILES string of the molecule is O=C(Nc1ccc(Cl)cc1)c1cc([N+](=O)[O-])c(Nc2ccc(OC(=O)c3cc4ccccc4cc3O)cc2)c([N+](=O)[O-])c1. The van der Waals surface area contributed by atoms with Gasteiger partial charge in [0.15, 0.2) is 5.69 Å². The fourth-order valence-electron chi connectivity index (χ4n) is 4.20. The number of phenolic OH excluding ortho intramolecular Hbond substituents is 1. The lowest BCUT2D eigenvalue weighted by atomic mass is 10.1. The average molecular weight is 599 g/mol. The van der Waals surface area contributed by atoms with Crippen molar-refractivity contribution >= 4 is 62.7 Å². The van der Waals surface area contributed by atoms with Crippen LogP contribution in [0, 0.1) is 20.2 Å². The van der Waals surface area contributed by atoms with E-state index in [4.69, 9.17) is 16.3 Å².